The van der Waals surface area contributed by atoms with Gasteiger partial charge in [-0.25, -0.2) is 0 Å². The van der Waals surface area contributed by atoms with Crippen LogP contribution < -0.4 is 0 Å². The van der Waals surface area contributed by atoms with Crippen LogP contribution >= 0.6 is 0 Å². The van der Waals surface area contributed by atoms with Crippen LogP contribution in [0.3, 0.4) is 0 Å². The standard InChI is InChI=1S/C11H17N/c1-5-10-6-11(8(2)3)9(4)12-7-10/h6-8H,5H2,1-4H3. The molecule has 1 aromatic heterocycles. The maximum Gasteiger partial charge on any atom is 0.0407 e. The van der Waals surface area contributed by atoms with Crippen LogP contribution in [0.4, 0.5) is 0 Å². The second-order valence-electron chi connectivity index (χ2n) is 3.53. The van der Waals surface area contributed by atoms with Gasteiger partial charge in [-0.3, -0.25) is 4.98 Å². The zero-order valence-electron chi connectivity index (χ0n) is 8.39. The van der Waals surface area contributed by atoms with Crippen molar-refractivity contribution in [1.29, 1.82) is 0 Å². The van der Waals surface area contributed by atoms with Gasteiger partial charge in [-0.15, -0.1) is 0 Å². The highest BCUT2D eigenvalue weighted by atomic mass is 14.7. The van der Waals surface area contributed by atoms with E-state index in [0.717, 1.165) is 6.42 Å². The smallest absolute Gasteiger partial charge is 0.0407 e. The lowest BCUT2D eigenvalue weighted by Gasteiger charge is -2.09. The van der Waals surface area contributed by atoms with Gasteiger partial charge in [-0.2, -0.15) is 0 Å². The van der Waals surface area contributed by atoms with Crippen molar-refractivity contribution in [3.63, 3.8) is 0 Å². The summed E-state index contributed by atoms with van der Waals surface area (Å²) in [6.45, 7) is 8.66. The third kappa shape index (κ3) is 1.84. The first-order valence-electron chi connectivity index (χ1n) is 4.60. The Balaban J connectivity index is 3.08. The molecule has 0 aliphatic carbocycles. The molecule has 0 saturated heterocycles. The van der Waals surface area contributed by atoms with Gasteiger partial charge in [0.15, 0.2) is 0 Å². The molecule has 0 saturated carbocycles. The molecule has 1 nitrogen and oxygen atoms in total. The molecule has 12 heavy (non-hydrogen) atoms. The fourth-order valence-electron chi connectivity index (χ4n) is 1.37. The van der Waals surface area contributed by atoms with Crippen molar-refractivity contribution in [2.45, 2.75) is 40.0 Å². The summed E-state index contributed by atoms with van der Waals surface area (Å²) in [5, 5.41) is 0. The second-order valence-corrected chi connectivity index (χ2v) is 3.53. The van der Waals surface area contributed by atoms with Crippen LogP contribution in [0.15, 0.2) is 12.3 Å². The molecule has 0 spiro atoms. The SMILES string of the molecule is CCc1cnc(C)c(C(C)C)c1. The molecule has 0 radical (unpaired) electrons. The Morgan fingerprint density at radius 3 is 2.58 bits per heavy atom. The minimum absolute atomic E-state index is 0.587. The summed E-state index contributed by atoms with van der Waals surface area (Å²) < 4.78 is 0. The first kappa shape index (κ1) is 9.24. The van der Waals surface area contributed by atoms with Gasteiger partial charge in [0.25, 0.3) is 0 Å². The van der Waals surface area contributed by atoms with Crippen LogP contribution in [0.5, 0.6) is 0 Å². The van der Waals surface area contributed by atoms with Gasteiger partial charge in [0.1, 0.15) is 0 Å². The third-order valence-corrected chi connectivity index (χ3v) is 2.21. The molecule has 0 unspecified atom stereocenters. The third-order valence-electron chi connectivity index (χ3n) is 2.21. The topological polar surface area (TPSA) is 12.9 Å². The molecule has 66 valence electrons. The number of aromatic nitrogens is 1. The number of aryl methyl sites for hydroxylation is 2. The zero-order valence-corrected chi connectivity index (χ0v) is 8.39. The highest BCUT2D eigenvalue weighted by molar-refractivity contribution is 5.27. The molecule has 0 aromatic carbocycles. The fraction of sp³-hybridized carbons (Fsp3) is 0.545. The van der Waals surface area contributed by atoms with Crippen molar-refractivity contribution < 1.29 is 0 Å². The molecule has 0 amide bonds. The van der Waals surface area contributed by atoms with E-state index >= 15 is 0 Å². The van der Waals surface area contributed by atoms with Crippen LogP contribution in [-0.2, 0) is 6.42 Å². The molecular weight excluding hydrogens is 146 g/mol. The maximum absolute atomic E-state index is 4.37. The lowest BCUT2D eigenvalue weighted by atomic mass is 10.00. The van der Waals surface area contributed by atoms with Gasteiger partial charge in [0, 0.05) is 11.9 Å². The summed E-state index contributed by atoms with van der Waals surface area (Å²) in [4.78, 5) is 4.37. The van der Waals surface area contributed by atoms with Gasteiger partial charge >= 0.3 is 0 Å². The van der Waals surface area contributed by atoms with Crippen molar-refractivity contribution in [2.75, 3.05) is 0 Å². The van der Waals surface area contributed by atoms with Gasteiger partial charge in [-0.05, 0) is 30.4 Å². The van der Waals surface area contributed by atoms with Crippen molar-refractivity contribution in [3.8, 4) is 0 Å². The summed E-state index contributed by atoms with van der Waals surface area (Å²) >= 11 is 0. The molecule has 0 fully saturated rings. The minimum Gasteiger partial charge on any atom is -0.261 e. The van der Waals surface area contributed by atoms with E-state index in [-0.39, 0.29) is 0 Å². The summed E-state index contributed by atoms with van der Waals surface area (Å²) in [6, 6.07) is 2.27. The second kappa shape index (κ2) is 3.70. The first-order chi connectivity index (χ1) is 5.65. The molecule has 0 atom stereocenters. The molecule has 1 rings (SSSR count). The Labute approximate surface area is 74.8 Å². The largest absolute Gasteiger partial charge is 0.261 e. The highest BCUT2D eigenvalue weighted by Gasteiger charge is 2.04. The number of rotatable bonds is 2. The predicted octanol–water partition coefficient (Wildman–Crippen LogP) is 3.08. The lowest BCUT2D eigenvalue weighted by molar-refractivity contribution is 0.836. The minimum atomic E-state index is 0.587. The van der Waals surface area contributed by atoms with Gasteiger partial charge in [0.05, 0.1) is 0 Å². The van der Waals surface area contributed by atoms with Crippen molar-refractivity contribution >= 4 is 0 Å². The molecular formula is C11H17N. The van der Waals surface area contributed by atoms with Gasteiger partial charge < -0.3 is 0 Å². The van der Waals surface area contributed by atoms with E-state index in [0.29, 0.717) is 5.92 Å². The van der Waals surface area contributed by atoms with E-state index < -0.39 is 0 Å². The normalized spacial score (nSPS) is 10.8. The monoisotopic (exact) mass is 163 g/mol. The molecule has 1 heterocycles. The van der Waals surface area contributed by atoms with Crippen molar-refractivity contribution in [2.24, 2.45) is 0 Å². The summed E-state index contributed by atoms with van der Waals surface area (Å²) in [7, 11) is 0. The van der Waals surface area contributed by atoms with E-state index in [1.165, 1.54) is 16.8 Å². The number of hydrogen-bond donors (Lipinski definition) is 0. The highest BCUT2D eigenvalue weighted by Crippen LogP contribution is 2.18. The maximum atomic E-state index is 4.37. The summed E-state index contributed by atoms with van der Waals surface area (Å²) in [6.07, 6.45) is 3.05. The van der Waals surface area contributed by atoms with Crippen molar-refractivity contribution in [3.05, 3.63) is 29.1 Å². The fourth-order valence-corrected chi connectivity index (χ4v) is 1.37. The van der Waals surface area contributed by atoms with Crippen LogP contribution in [0.2, 0.25) is 0 Å². The summed E-state index contributed by atoms with van der Waals surface area (Å²) in [5.41, 5.74) is 3.89. The van der Waals surface area contributed by atoms with E-state index in [9.17, 15) is 0 Å². The van der Waals surface area contributed by atoms with E-state index in [2.05, 4.69) is 38.7 Å². The Morgan fingerprint density at radius 1 is 1.42 bits per heavy atom. The molecule has 0 aliphatic rings. The van der Waals surface area contributed by atoms with Crippen LogP contribution in [0.1, 0.15) is 43.5 Å². The van der Waals surface area contributed by atoms with Crippen LogP contribution in [0, 0.1) is 6.92 Å². The number of nitrogens with zero attached hydrogens (tertiary/aromatic N) is 1. The Bertz CT molecular complexity index is 264. The Hall–Kier alpha value is -0.850. The first-order valence-corrected chi connectivity index (χ1v) is 4.60. The van der Waals surface area contributed by atoms with Gasteiger partial charge in [-0.1, -0.05) is 26.8 Å². The van der Waals surface area contributed by atoms with E-state index in [1.54, 1.807) is 0 Å². The number of pyridine rings is 1. The molecule has 0 N–H and O–H groups in total. The average molecular weight is 163 g/mol. The lowest BCUT2D eigenvalue weighted by Crippen LogP contribution is -1.96. The Kier molecular flexibility index (Phi) is 2.85. The van der Waals surface area contributed by atoms with Crippen LogP contribution in [0.25, 0.3) is 0 Å². The van der Waals surface area contributed by atoms with Crippen molar-refractivity contribution in [1.82, 2.24) is 4.98 Å². The molecule has 1 aromatic rings. The zero-order chi connectivity index (χ0) is 9.14. The number of hydrogen-bond acceptors (Lipinski definition) is 1. The van der Waals surface area contributed by atoms with E-state index in [4.69, 9.17) is 0 Å². The molecule has 1 heteroatoms. The quantitative estimate of drug-likeness (QED) is 0.653. The molecule has 0 aliphatic heterocycles. The Morgan fingerprint density at radius 2 is 2.08 bits per heavy atom. The predicted molar refractivity (Wildman–Crippen MR) is 52.4 cm³/mol. The van der Waals surface area contributed by atoms with Crippen LogP contribution in [-0.4, -0.2) is 4.98 Å². The average Bonchev–Trinajstić information content (AvgIpc) is 2.05. The molecule has 0 bridgehead atoms. The van der Waals surface area contributed by atoms with E-state index in [1.807, 2.05) is 6.20 Å². The van der Waals surface area contributed by atoms with Gasteiger partial charge in [0.2, 0.25) is 0 Å². The summed E-state index contributed by atoms with van der Waals surface area (Å²) in [5.74, 6) is 0.587.